The van der Waals surface area contributed by atoms with Gasteiger partial charge in [-0.25, -0.2) is 0 Å². The molecule has 0 spiro atoms. The first-order valence-electron chi connectivity index (χ1n) is 5.95. The zero-order valence-electron chi connectivity index (χ0n) is 9.75. The van der Waals surface area contributed by atoms with Crippen LogP contribution in [0.25, 0.3) is 0 Å². The van der Waals surface area contributed by atoms with Gasteiger partial charge in [-0.2, -0.15) is 0 Å². The average Bonchev–Trinajstić information content (AvgIpc) is 2.47. The van der Waals surface area contributed by atoms with Crippen molar-refractivity contribution in [1.29, 1.82) is 0 Å². The maximum Gasteiger partial charge on any atom is 0.0343 e. The SMILES string of the molecule is CN1CCCC(Nc2ccc(I)cc2)CC1. The van der Waals surface area contributed by atoms with Crippen LogP contribution in [0.15, 0.2) is 24.3 Å². The van der Waals surface area contributed by atoms with Crippen molar-refractivity contribution in [3.8, 4) is 0 Å². The van der Waals surface area contributed by atoms with E-state index in [4.69, 9.17) is 0 Å². The molecule has 1 atom stereocenters. The molecular weight excluding hydrogens is 311 g/mol. The maximum atomic E-state index is 3.64. The number of nitrogens with one attached hydrogen (secondary N) is 1. The molecule has 1 aromatic rings. The molecule has 3 heteroatoms. The van der Waals surface area contributed by atoms with E-state index in [9.17, 15) is 0 Å². The Kier molecular flexibility index (Phi) is 4.46. The number of halogens is 1. The highest BCUT2D eigenvalue weighted by Crippen LogP contribution is 2.17. The molecule has 0 amide bonds. The van der Waals surface area contributed by atoms with Crippen LogP contribution in [-0.2, 0) is 0 Å². The smallest absolute Gasteiger partial charge is 0.0343 e. The van der Waals surface area contributed by atoms with Gasteiger partial charge >= 0.3 is 0 Å². The monoisotopic (exact) mass is 330 g/mol. The molecular formula is C13H19IN2. The van der Waals surface area contributed by atoms with Crippen LogP contribution in [0, 0.1) is 3.57 Å². The second kappa shape index (κ2) is 5.87. The van der Waals surface area contributed by atoms with Crippen LogP contribution in [0.4, 0.5) is 5.69 Å². The van der Waals surface area contributed by atoms with Crippen molar-refractivity contribution in [3.05, 3.63) is 27.8 Å². The first kappa shape index (κ1) is 12.2. The van der Waals surface area contributed by atoms with Crippen molar-refractivity contribution in [2.45, 2.75) is 25.3 Å². The van der Waals surface area contributed by atoms with Gasteiger partial charge in [0.15, 0.2) is 0 Å². The minimum atomic E-state index is 0.644. The molecule has 0 aliphatic carbocycles. The van der Waals surface area contributed by atoms with Crippen molar-refractivity contribution in [2.24, 2.45) is 0 Å². The molecule has 0 bridgehead atoms. The van der Waals surface area contributed by atoms with Gasteiger partial charge in [0.1, 0.15) is 0 Å². The fourth-order valence-electron chi connectivity index (χ4n) is 2.17. The molecule has 1 fully saturated rings. The Balaban J connectivity index is 1.91. The molecule has 1 unspecified atom stereocenters. The molecule has 2 rings (SSSR count). The minimum Gasteiger partial charge on any atom is -0.382 e. The molecule has 0 radical (unpaired) electrons. The van der Waals surface area contributed by atoms with E-state index >= 15 is 0 Å². The van der Waals surface area contributed by atoms with Gasteiger partial charge in [-0.15, -0.1) is 0 Å². The number of anilines is 1. The summed E-state index contributed by atoms with van der Waals surface area (Å²) in [7, 11) is 2.22. The van der Waals surface area contributed by atoms with Crippen molar-refractivity contribution in [2.75, 3.05) is 25.5 Å². The summed E-state index contributed by atoms with van der Waals surface area (Å²) in [6.45, 7) is 2.45. The van der Waals surface area contributed by atoms with E-state index in [2.05, 4.69) is 64.1 Å². The number of likely N-dealkylation sites (tertiary alicyclic amines) is 1. The van der Waals surface area contributed by atoms with Crippen molar-refractivity contribution in [1.82, 2.24) is 4.90 Å². The van der Waals surface area contributed by atoms with E-state index in [0.717, 1.165) is 0 Å². The highest BCUT2D eigenvalue weighted by molar-refractivity contribution is 14.1. The van der Waals surface area contributed by atoms with E-state index in [0.29, 0.717) is 6.04 Å². The topological polar surface area (TPSA) is 15.3 Å². The lowest BCUT2D eigenvalue weighted by Gasteiger charge is -2.18. The second-order valence-corrected chi connectivity index (χ2v) is 5.83. The summed E-state index contributed by atoms with van der Waals surface area (Å²) in [5, 5.41) is 3.64. The number of nitrogens with zero attached hydrogens (tertiary/aromatic N) is 1. The largest absolute Gasteiger partial charge is 0.382 e. The number of hydrogen-bond donors (Lipinski definition) is 1. The summed E-state index contributed by atoms with van der Waals surface area (Å²) in [6, 6.07) is 9.31. The van der Waals surface area contributed by atoms with Crippen LogP contribution in [0.3, 0.4) is 0 Å². The zero-order valence-corrected chi connectivity index (χ0v) is 11.9. The maximum absolute atomic E-state index is 3.64. The van der Waals surface area contributed by atoms with E-state index in [1.165, 1.54) is 41.6 Å². The molecule has 16 heavy (non-hydrogen) atoms. The molecule has 1 aromatic carbocycles. The minimum absolute atomic E-state index is 0.644. The standard InChI is InChI=1S/C13H19IN2/c1-16-9-2-3-12(8-10-16)15-13-6-4-11(14)5-7-13/h4-7,12,15H,2-3,8-10H2,1H3. The quantitative estimate of drug-likeness (QED) is 0.838. The van der Waals surface area contributed by atoms with Crippen LogP contribution in [0.1, 0.15) is 19.3 Å². The second-order valence-electron chi connectivity index (χ2n) is 4.58. The van der Waals surface area contributed by atoms with E-state index in [1.807, 2.05) is 0 Å². The summed E-state index contributed by atoms with van der Waals surface area (Å²) in [5.41, 5.74) is 1.26. The summed E-state index contributed by atoms with van der Waals surface area (Å²) in [6.07, 6.45) is 3.84. The first-order chi connectivity index (χ1) is 7.74. The summed E-state index contributed by atoms with van der Waals surface area (Å²) in [5.74, 6) is 0. The van der Waals surface area contributed by atoms with Crippen LogP contribution < -0.4 is 5.32 Å². The van der Waals surface area contributed by atoms with Crippen molar-refractivity contribution >= 4 is 28.3 Å². The Hall–Kier alpha value is -0.290. The summed E-state index contributed by atoms with van der Waals surface area (Å²) in [4.78, 5) is 2.43. The van der Waals surface area contributed by atoms with E-state index in [-0.39, 0.29) is 0 Å². The van der Waals surface area contributed by atoms with Gasteiger partial charge in [0.2, 0.25) is 0 Å². The van der Waals surface area contributed by atoms with Crippen molar-refractivity contribution < 1.29 is 0 Å². The van der Waals surface area contributed by atoms with E-state index < -0.39 is 0 Å². The molecule has 1 aliphatic rings. The third kappa shape index (κ3) is 3.63. The molecule has 2 nitrogen and oxygen atoms in total. The van der Waals surface area contributed by atoms with Gasteiger partial charge in [-0.05, 0) is 86.3 Å². The molecule has 0 saturated carbocycles. The predicted molar refractivity (Wildman–Crippen MR) is 77.9 cm³/mol. The molecule has 1 heterocycles. The predicted octanol–water partition coefficient (Wildman–Crippen LogP) is 3.19. The number of hydrogen-bond acceptors (Lipinski definition) is 2. The van der Waals surface area contributed by atoms with Gasteiger partial charge in [-0.3, -0.25) is 0 Å². The Labute approximate surface area is 112 Å². The summed E-state index contributed by atoms with van der Waals surface area (Å²) < 4.78 is 1.30. The fraction of sp³-hybridized carbons (Fsp3) is 0.538. The highest BCUT2D eigenvalue weighted by Gasteiger charge is 2.14. The van der Waals surface area contributed by atoms with Gasteiger partial charge in [0.25, 0.3) is 0 Å². The molecule has 1 aliphatic heterocycles. The lowest BCUT2D eigenvalue weighted by atomic mass is 10.1. The van der Waals surface area contributed by atoms with Gasteiger partial charge in [-0.1, -0.05) is 0 Å². The van der Waals surface area contributed by atoms with Gasteiger partial charge in [0.05, 0.1) is 0 Å². The Bertz CT molecular complexity index is 323. The summed E-state index contributed by atoms with van der Waals surface area (Å²) >= 11 is 2.34. The Morgan fingerprint density at radius 2 is 1.94 bits per heavy atom. The first-order valence-corrected chi connectivity index (χ1v) is 7.02. The highest BCUT2D eigenvalue weighted by atomic mass is 127. The normalized spacial score (nSPS) is 22.8. The van der Waals surface area contributed by atoms with E-state index in [1.54, 1.807) is 0 Å². The molecule has 1 N–H and O–H groups in total. The zero-order chi connectivity index (χ0) is 11.4. The van der Waals surface area contributed by atoms with Gasteiger partial charge in [0, 0.05) is 15.3 Å². The number of benzene rings is 1. The van der Waals surface area contributed by atoms with Crippen molar-refractivity contribution in [3.63, 3.8) is 0 Å². The molecule has 1 saturated heterocycles. The molecule has 88 valence electrons. The lowest BCUT2D eigenvalue weighted by Crippen LogP contribution is -2.22. The Morgan fingerprint density at radius 1 is 1.19 bits per heavy atom. The number of rotatable bonds is 2. The van der Waals surface area contributed by atoms with Crippen LogP contribution in [0.2, 0.25) is 0 Å². The van der Waals surface area contributed by atoms with Gasteiger partial charge < -0.3 is 10.2 Å². The van der Waals surface area contributed by atoms with Crippen LogP contribution in [-0.4, -0.2) is 31.1 Å². The Morgan fingerprint density at radius 3 is 2.69 bits per heavy atom. The third-order valence-electron chi connectivity index (χ3n) is 3.17. The average molecular weight is 330 g/mol. The van der Waals surface area contributed by atoms with Crippen LogP contribution in [0.5, 0.6) is 0 Å². The molecule has 0 aromatic heterocycles. The lowest BCUT2D eigenvalue weighted by molar-refractivity contribution is 0.348. The fourth-order valence-corrected chi connectivity index (χ4v) is 2.53. The van der Waals surface area contributed by atoms with Crippen LogP contribution >= 0.6 is 22.6 Å². The third-order valence-corrected chi connectivity index (χ3v) is 3.89.